The average Bonchev–Trinajstić information content (AvgIpc) is 2.97. The van der Waals surface area contributed by atoms with Crippen molar-refractivity contribution in [3.8, 4) is 11.4 Å². The Hall–Kier alpha value is -3.02. The van der Waals surface area contributed by atoms with Crippen LogP contribution in [0.15, 0.2) is 70.3 Å². The number of benzene rings is 2. The Labute approximate surface area is 114 Å². The molecule has 20 heavy (non-hydrogen) atoms. The fraction of sp³-hybridized carbons (Fsp3) is 0. The van der Waals surface area contributed by atoms with Crippen molar-refractivity contribution in [1.29, 1.82) is 0 Å². The zero-order chi connectivity index (χ0) is 13.8. The predicted molar refractivity (Wildman–Crippen MR) is 71.6 cm³/mol. The number of azo groups is 1. The minimum atomic E-state index is -0.0808. The summed E-state index contributed by atoms with van der Waals surface area (Å²) in [6, 6.07) is 17.8. The van der Waals surface area contributed by atoms with Crippen molar-refractivity contribution in [3.05, 3.63) is 65.9 Å². The second-order valence-corrected chi connectivity index (χ2v) is 3.98. The fourth-order valence-corrected chi connectivity index (χ4v) is 1.65. The fourth-order valence-electron chi connectivity index (χ4n) is 1.65. The largest absolute Gasteiger partial charge is 0.594 e. The number of aromatic nitrogens is 2. The Morgan fingerprint density at radius 2 is 1.60 bits per heavy atom. The summed E-state index contributed by atoms with van der Waals surface area (Å²) in [6.45, 7) is 0. The summed E-state index contributed by atoms with van der Waals surface area (Å²) in [4.78, 5) is 4.51. The highest BCUT2D eigenvalue weighted by molar-refractivity contribution is 5.54. The van der Waals surface area contributed by atoms with E-state index in [4.69, 9.17) is 4.52 Å². The third kappa shape index (κ3) is 2.54. The van der Waals surface area contributed by atoms with Crippen LogP contribution >= 0.6 is 0 Å². The molecule has 6 heteroatoms. The summed E-state index contributed by atoms with van der Waals surface area (Å²) < 4.78 is 4.94. The second kappa shape index (κ2) is 5.31. The van der Waals surface area contributed by atoms with Gasteiger partial charge in [-0.15, -0.1) is 0 Å². The smallest absolute Gasteiger partial charge is 0.409 e. The van der Waals surface area contributed by atoms with Crippen molar-refractivity contribution in [2.75, 3.05) is 0 Å². The first-order chi connectivity index (χ1) is 9.83. The van der Waals surface area contributed by atoms with Crippen molar-refractivity contribution < 1.29 is 9.38 Å². The van der Waals surface area contributed by atoms with Crippen molar-refractivity contribution in [2.45, 2.75) is 0 Å². The molecule has 0 radical (unpaired) electrons. The topological polar surface area (TPSA) is 77.4 Å². The number of para-hydroxylation sites is 1. The van der Waals surface area contributed by atoms with Gasteiger partial charge >= 0.3 is 6.01 Å². The van der Waals surface area contributed by atoms with Crippen LogP contribution in [0, 0.1) is 5.21 Å². The summed E-state index contributed by atoms with van der Waals surface area (Å²) >= 11 is 0. The van der Waals surface area contributed by atoms with Gasteiger partial charge in [0, 0.05) is 17.7 Å². The van der Waals surface area contributed by atoms with Gasteiger partial charge < -0.3 is 9.73 Å². The summed E-state index contributed by atoms with van der Waals surface area (Å²) in [7, 11) is 0. The first kappa shape index (κ1) is 12.0. The SMILES string of the molecule is [O-]/[N+](=N\c1nc(-c2ccccc2)no1)c1ccccc1. The molecule has 6 nitrogen and oxygen atoms in total. The lowest BCUT2D eigenvalue weighted by molar-refractivity contribution is -0.437. The van der Waals surface area contributed by atoms with E-state index in [1.165, 1.54) is 0 Å². The zero-order valence-corrected chi connectivity index (χ0v) is 10.4. The zero-order valence-electron chi connectivity index (χ0n) is 10.4. The van der Waals surface area contributed by atoms with Gasteiger partial charge in [0.1, 0.15) is 0 Å². The summed E-state index contributed by atoms with van der Waals surface area (Å²) in [5, 5.41) is 19.3. The predicted octanol–water partition coefficient (Wildman–Crippen LogP) is 3.66. The standard InChI is InChI=1S/C14H10N4O2/c19-18(12-9-5-2-6-10-12)16-14-15-13(17-20-14)11-7-3-1-4-8-11/h1-10H/b18-16-. The minimum Gasteiger partial charge on any atom is -0.594 e. The Morgan fingerprint density at radius 3 is 2.30 bits per heavy atom. The second-order valence-electron chi connectivity index (χ2n) is 3.98. The van der Waals surface area contributed by atoms with Crippen LogP contribution < -0.4 is 0 Å². The number of hydrogen-bond acceptors (Lipinski definition) is 5. The quantitative estimate of drug-likeness (QED) is 0.411. The molecule has 0 aliphatic carbocycles. The molecule has 0 N–H and O–H groups in total. The molecule has 1 heterocycles. The Kier molecular flexibility index (Phi) is 3.20. The Bertz CT molecular complexity index is 723. The summed E-state index contributed by atoms with van der Waals surface area (Å²) in [6.07, 6.45) is 0. The minimum absolute atomic E-state index is 0.0808. The van der Waals surface area contributed by atoms with E-state index in [-0.39, 0.29) is 6.01 Å². The molecule has 3 rings (SSSR count). The molecular weight excluding hydrogens is 256 g/mol. The van der Waals surface area contributed by atoms with Crippen molar-refractivity contribution in [1.82, 2.24) is 10.1 Å². The number of rotatable bonds is 3. The lowest BCUT2D eigenvalue weighted by atomic mass is 10.2. The highest BCUT2D eigenvalue weighted by Crippen LogP contribution is 2.20. The normalized spacial score (nSPS) is 11.5. The van der Waals surface area contributed by atoms with Gasteiger partial charge in [-0.05, 0) is 4.86 Å². The molecule has 0 aliphatic heterocycles. The van der Waals surface area contributed by atoms with Crippen molar-refractivity contribution in [3.63, 3.8) is 0 Å². The van der Waals surface area contributed by atoms with Gasteiger partial charge in [0.15, 0.2) is 0 Å². The van der Waals surface area contributed by atoms with Crippen LogP contribution in [0.2, 0.25) is 0 Å². The molecule has 0 aliphatic rings. The van der Waals surface area contributed by atoms with Gasteiger partial charge in [-0.1, -0.05) is 53.7 Å². The van der Waals surface area contributed by atoms with Gasteiger partial charge in [0.2, 0.25) is 11.5 Å². The molecule has 0 saturated heterocycles. The van der Waals surface area contributed by atoms with Crippen molar-refractivity contribution >= 4 is 11.7 Å². The Balaban J connectivity index is 1.88. The van der Waals surface area contributed by atoms with E-state index < -0.39 is 0 Å². The maximum absolute atomic E-state index is 11.8. The lowest BCUT2D eigenvalue weighted by Gasteiger charge is -1.95. The summed E-state index contributed by atoms with van der Waals surface area (Å²) in [5.41, 5.74) is 1.20. The Morgan fingerprint density at radius 1 is 0.950 bits per heavy atom. The highest BCUT2D eigenvalue weighted by Gasteiger charge is 2.11. The molecule has 0 bridgehead atoms. The summed E-state index contributed by atoms with van der Waals surface area (Å²) in [5.74, 6) is 0.394. The van der Waals surface area contributed by atoms with Crippen LogP contribution in [0.5, 0.6) is 0 Å². The third-order valence-corrected chi connectivity index (χ3v) is 2.60. The van der Waals surface area contributed by atoms with E-state index >= 15 is 0 Å². The third-order valence-electron chi connectivity index (χ3n) is 2.60. The van der Waals surface area contributed by atoms with E-state index in [1.807, 2.05) is 36.4 Å². The molecular formula is C14H10N4O2. The number of nitrogens with zero attached hydrogens (tertiary/aromatic N) is 4. The molecule has 2 aromatic carbocycles. The average molecular weight is 266 g/mol. The van der Waals surface area contributed by atoms with Gasteiger partial charge in [0.05, 0.1) is 5.11 Å². The molecule has 1 aromatic heterocycles. The van der Waals surface area contributed by atoms with Gasteiger partial charge in [0.25, 0.3) is 0 Å². The number of hydrogen-bond donors (Lipinski definition) is 0. The van der Waals surface area contributed by atoms with Gasteiger partial charge in [-0.3, -0.25) is 0 Å². The van der Waals surface area contributed by atoms with E-state index in [2.05, 4.69) is 15.3 Å². The van der Waals surface area contributed by atoms with Crippen LogP contribution in [-0.4, -0.2) is 15.0 Å². The maximum Gasteiger partial charge on any atom is 0.409 e. The van der Waals surface area contributed by atoms with Crippen LogP contribution in [0.25, 0.3) is 11.4 Å². The van der Waals surface area contributed by atoms with Crippen LogP contribution in [0.1, 0.15) is 0 Å². The van der Waals surface area contributed by atoms with E-state index in [9.17, 15) is 5.21 Å². The first-order valence-electron chi connectivity index (χ1n) is 5.96. The van der Waals surface area contributed by atoms with Crippen LogP contribution in [-0.2, 0) is 0 Å². The highest BCUT2D eigenvalue weighted by atomic mass is 16.5. The van der Waals surface area contributed by atoms with E-state index in [1.54, 1.807) is 24.3 Å². The molecule has 98 valence electrons. The van der Waals surface area contributed by atoms with Gasteiger partial charge in [-0.25, -0.2) is 0 Å². The lowest BCUT2D eigenvalue weighted by Crippen LogP contribution is -1.89. The monoisotopic (exact) mass is 266 g/mol. The molecule has 3 aromatic rings. The van der Waals surface area contributed by atoms with E-state index in [0.717, 1.165) is 5.56 Å². The molecule has 0 spiro atoms. The van der Waals surface area contributed by atoms with Gasteiger partial charge in [-0.2, -0.15) is 4.98 Å². The van der Waals surface area contributed by atoms with Crippen LogP contribution in [0.4, 0.5) is 11.7 Å². The van der Waals surface area contributed by atoms with Crippen LogP contribution in [0.3, 0.4) is 0 Å². The molecule has 0 fully saturated rings. The van der Waals surface area contributed by atoms with E-state index in [0.29, 0.717) is 16.4 Å². The van der Waals surface area contributed by atoms with Crippen molar-refractivity contribution in [2.24, 2.45) is 5.11 Å². The molecule has 0 amide bonds. The molecule has 0 unspecified atom stereocenters. The first-order valence-corrected chi connectivity index (χ1v) is 5.96. The molecule has 0 saturated carbocycles. The maximum atomic E-state index is 11.8. The molecule has 0 atom stereocenters.